The van der Waals surface area contributed by atoms with Crippen LogP contribution in [0.5, 0.6) is 0 Å². The quantitative estimate of drug-likeness (QED) is 0.569. The van der Waals surface area contributed by atoms with Crippen LogP contribution in [0.15, 0.2) is 0 Å². The predicted octanol–water partition coefficient (Wildman–Crippen LogP) is 0.261. The molecule has 0 aliphatic carbocycles. The summed E-state index contributed by atoms with van der Waals surface area (Å²) in [5, 5.41) is 0. The molecule has 2 nitrogen and oxygen atoms in total. The first-order valence-electron chi connectivity index (χ1n) is 3.04. The summed E-state index contributed by atoms with van der Waals surface area (Å²) in [6, 6.07) is 0. The third kappa shape index (κ3) is 9.77. The van der Waals surface area contributed by atoms with Crippen molar-refractivity contribution in [3.05, 3.63) is 0 Å². The molecule has 0 aromatic rings. The fourth-order valence-electron chi connectivity index (χ4n) is 0.518. The van der Waals surface area contributed by atoms with Gasteiger partial charge < -0.3 is 8.85 Å². The van der Waals surface area contributed by atoms with E-state index in [4.69, 9.17) is 8.85 Å². The number of rotatable bonds is 4. The van der Waals surface area contributed by atoms with E-state index in [1.807, 2.05) is 20.4 Å². The van der Waals surface area contributed by atoms with E-state index in [1.54, 1.807) is 0 Å². The summed E-state index contributed by atoms with van der Waals surface area (Å²) in [6.07, 6.45) is 0. The standard InChI is InChI=1S/C5H14O2Si.K.H/c1-4-6-8(3)7-5-2;;/h8H,4-5H2,1-3H3;;. The number of hydrogen-bond acceptors (Lipinski definition) is 2. The second kappa shape index (κ2) is 9.77. The van der Waals surface area contributed by atoms with Gasteiger partial charge in [-0.1, -0.05) is 0 Å². The Kier molecular flexibility index (Phi) is 14.5. The van der Waals surface area contributed by atoms with Gasteiger partial charge in [0.1, 0.15) is 0 Å². The molecule has 0 aromatic carbocycles. The van der Waals surface area contributed by atoms with Gasteiger partial charge in [0.25, 0.3) is 0 Å². The Hall–Kier alpha value is 1.77. The first kappa shape index (κ1) is 13.4. The molecule has 0 bridgehead atoms. The van der Waals surface area contributed by atoms with Gasteiger partial charge >= 0.3 is 60.7 Å². The molecule has 0 heterocycles. The topological polar surface area (TPSA) is 18.5 Å². The van der Waals surface area contributed by atoms with E-state index in [9.17, 15) is 0 Å². The molecule has 0 unspecified atom stereocenters. The molecular formula is C5H15KO2Si. The third-order valence-electron chi connectivity index (χ3n) is 0.803. The Morgan fingerprint density at radius 2 is 1.44 bits per heavy atom. The summed E-state index contributed by atoms with van der Waals surface area (Å²) >= 11 is 0. The predicted molar refractivity (Wildman–Crippen MR) is 43.4 cm³/mol. The average Bonchev–Trinajstić information content (AvgIpc) is 1.68. The average molecular weight is 174 g/mol. The van der Waals surface area contributed by atoms with Crippen LogP contribution in [0.4, 0.5) is 0 Å². The van der Waals surface area contributed by atoms with Gasteiger partial charge in [0.05, 0.1) is 0 Å². The van der Waals surface area contributed by atoms with E-state index in [2.05, 4.69) is 0 Å². The summed E-state index contributed by atoms with van der Waals surface area (Å²) in [5.41, 5.74) is 0. The molecule has 9 heavy (non-hydrogen) atoms. The summed E-state index contributed by atoms with van der Waals surface area (Å²) in [4.78, 5) is 0. The van der Waals surface area contributed by atoms with Crippen LogP contribution in [-0.2, 0) is 8.85 Å². The van der Waals surface area contributed by atoms with Crippen LogP contribution in [0.25, 0.3) is 0 Å². The minimum atomic E-state index is -1.20. The maximum atomic E-state index is 5.20. The van der Waals surface area contributed by atoms with Gasteiger partial charge in [0, 0.05) is 13.2 Å². The van der Waals surface area contributed by atoms with E-state index >= 15 is 0 Å². The van der Waals surface area contributed by atoms with Crippen molar-refractivity contribution in [2.24, 2.45) is 0 Å². The van der Waals surface area contributed by atoms with E-state index in [-0.39, 0.29) is 51.4 Å². The van der Waals surface area contributed by atoms with Crippen LogP contribution in [-0.4, -0.2) is 73.9 Å². The first-order valence-corrected chi connectivity index (χ1v) is 5.14. The molecule has 0 N–H and O–H groups in total. The van der Waals surface area contributed by atoms with Gasteiger partial charge in [-0.15, -0.1) is 0 Å². The molecule has 0 spiro atoms. The van der Waals surface area contributed by atoms with Crippen LogP contribution in [0, 0.1) is 0 Å². The fourth-order valence-corrected chi connectivity index (χ4v) is 1.55. The Labute approximate surface area is 102 Å². The normalized spacial score (nSPS) is 9.33. The molecule has 0 aromatic heterocycles. The number of hydrogen-bond donors (Lipinski definition) is 0. The molecule has 0 aliphatic heterocycles. The van der Waals surface area contributed by atoms with E-state index < -0.39 is 9.28 Å². The Morgan fingerprint density at radius 3 is 1.67 bits per heavy atom. The minimum absolute atomic E-state index is 0. The molecule has 0 aliphatic rings. The van der Waals surface area contributed by atoms with Crippen LogP contribution in [0.1, 0.15) is 13.8 Å². The van der Waals surface area contributed by atoms with Crippen molar-refractivity contribution in [3.63, 3.8) is 0 Å². The van der Waals surface area contributed by atoms with Gasteiger partial charge in [0.2, 0.25) is 0 Å². The SMILES string of the molecule is CCO[SiH](C)OCC.[KH]. The van der Waals surface area contributed by atoms with E-state index in [0.717, 1.165) is 13.2 Å². The molecule has 52 valence electrons. The molecular weight excluding hydrogens is 159 g/mol. The third-order valence-corrected chi connectivity index (χ3v) is 2.41. The van der Waals surface area contributed by atoms with Gasteiger partial charge in [0.15, 0.2) is 0 Å². The summed E-state index contributed by atoms with van der Waals surface area (Å²) in [7, 11) is -1.20. The molecule has 0 saturated heterocycles. The van der Waals surface area contributed by atoms with E-state index in [1.165, 1.54) is 0 Å². The molecule has 4 heteroatoms. The fraction of sp³-hybridized carbons (Fsp3) is 1.00. The molecule has 0 fully saturated rings. The Balaban J connectivity index is 0. The zero-order valence-electron chi connectivity index (χ0n) is 5.81. The van der Waals surface area contributed by atoms with Crippen molar-refractivity contribution in [1.82, 2.24) is 0 Å². The zero-order chi connectivity index (χ0) is 6.41. The van der Waals surface area contributed by atoms with Gasteiger partial charge in [-0.05, 0) is 20.4 Å². The van der Waals surface area contributed by atoms with Gasteiger partial charge in [-0.25, -0.2) is 0 Å². The van der Waals surface area contributed by atoms with Crippen molar-refractivity contribution in [2.75, 3.05) is 13.2 Å². The van der Waals surface area contributed by atoms with Crippen molar-refractivity contribution >= 4 is 60.7 Å². The van der Waals surface area contributed by atoms with Crippen LogP contribution < -0.4 is 0 Å². The first-order chi connectivity index (χ1) is 3.81. The summed E-state index contributed by atoms with van der Waals surface area (Å²) < 4.78 is 10.4. The molecule has 0 amide bonds. The van der Waals surface area contributed by atoms with Crippen LogP contribution >= 0.6 is 0 Å². The van der Waals surface area contributed by atoms with Gasteiger partial charge in [-0.2, -0.15) is 0 Å². The molecule has 0 atom stereocenters. The zero-order valence-corrected chi connectivity index (χ0v) is 6.96. The van der Waals surface area contributed by atoms with Crippen molar-refractivity contribution in [2.45, 2.75) is 20.4 Å². The van der Waals surface area contributed by atoms with Crippen molar-refractivity contribution in [1.29, 1.82) is 0 Å². The molecule has 0 rings (SSSR count). The van der Waals surface area contributed by atoms with Gasteiger partial charge in [-0.3, -0.25) is 0 Å². The molecule has 0 radical (unpaired) electrons. The maximum absolute atomic E-state index is 5.20. The van der Waals surface area contributed by atoms with E-state index in [0.29, 0.717) is 0 Å². The van der Waals surface area contributed by atoms with Crippen LogP contribution in [0.3, 0.4) is 0 Å². The Morgan fingerprint density at radius 1 is 1.11 bits per heavy atom. The van der Waals surface area contributed by atoms with Crippen molar-refractivity contribution in [3.8, 4) is 0 Å². The monoisotopic (exact) mass is 174 g/mol. The second-order valence-electron chi connectivity index (χ2n) is 1.48. The second-order valence-corrected chi connectivity index (χ2v) is 3.28. The molecule has 0 saturated carbocycles. The summed E-state index contributed by atoms with van der Waals surface area (Å²) in [5.74, 6) is 0. The Bertz CT molecular complexity index is 48.2. The van der Waals surface area contributed by atoms with Crippen LogP contribution in [0.2, 0.25) is 6.55 Å². The summed E-state index contributed by atoms with van der Waals surface area (Å²) in [6.45, 7) is 7.58. The van der Waals surface area contributed by atoms with Crippen molar-refractivity contribution < 1.29 is 8.85 Å².